The molecule has 4 rings (SSSR count). The number of rotatable bonds is 2. The third-order valence-electron chi connectivity index (χ3n) is 3.76. The van der Waals surface area contributed by atoms with E-state index in [-0.39, 0.29) is 0 Å². The number of aromatic nitrogens is 2. The molecular formula is C18H14N2O. The maximum atomic E-state index is 5.31. The molecule has 0 aliphatic heterocycles. The Morgan fingerprint density at radius 1 is 0.952 bits per heavy atom. The van der Waals surface area contributed by atoms with Gasteiger partial charge in [-0.25, -0.2) is 4.98 Å². The average Bonchev–Trinajstić information content (AvgIpc) is 3.04. The van der Waals surface area contributed by atoms with Gasteiger partial charge < -0.3 is 9.72 Å². The first kappa shape index (κ1) is 12.0. The zero-order valence-corrected chi connectivity index (χ0v) is 11.6. The van der Waals surface area contributed by atoms with Crippen LogP contribution in [0.2, 0.25) is 0 Å². The van der Waals surface area contributed by atoms with Gasteiger partial charge in [0.2, 0.25) is 0 Å². The monoisotopic (exact) mass is 274 g/mol. The topological polar surface area (TPSA) is 37.9 Å². The second-order valence-corrected chi connectivity index (χ2v) is 4.98. The minimum atomic E-state index is 0.823. The van der Waals surface area contributed by atoms with Crippen LogP contribution in [0.1, 0.15) is 0 Å². The summed E-state index contributed by atoms with van der Waals surface area (Å²) in [5.74, 6) is 0.823. The van der Waals surface area contributed by atoms with Crippen molar-refractivity contribution in [2.75, 3.05) is 7.11 Å². The summed E-state index contributed by atoms with van der Waals surface area (Å²) in [4.78, 5) is 8.16. The van der Waals surface area contributed by atoms with Gasteiger partial charge in [-0.05, 0) is 18.2 Å². The van der Waals surface area contributed by atoms with Crippen LogP contribution in [0, 0.1) is 0 Å². The maximum absolute atomic E-state index is 5.31. The summed E-state index contributed by atoms with van der Waals surface area (Å²) in [7, 11) is 1.67. The van der Waals surface area contributed by atoms with E-state index in [0.717, 1.165) is 33.4 Å². The Hall–Kier alpha value is -2.81. The number of pyridine rings is 1. The van der Waals surface area contributed by atoms with Gasteiger partial charge in [0.15, 0.2) is 0 Å². The van der Waals surface area contributed by atoms with Gasteiger partial charge in [-0.2, -0.15) is 0 Å². The lowest BCUT2D eigenvalue weighted by atomic mass is 10.1. The predicted octanol–water partition coefficient (Wildman–Crippen LogP) is 4.39. The molecule has 0 saturated carbocycles. The van der Waals surface area contributed by atoms with Crippen LogP contribution in [-0.4, -0.2) is 17.1 Å². The van der Waals surface area contributed by atoms with E-state index in [0.29, 0.717) is 0 Å². The van der Waals surface area contributed by atoms with Crippen molar-refractivity contribution < 1.29 is 4.74 Å². The number of hydrogen-bond acceptors (Lipinski definition) is 2. The number of methoxy groups -OCH3 is 1. The van der Waals surface area contributed by atoms with Gasteiger partial charge >= 0.3 is 0 Å². The van der Waals surface area contributed by atoms with Gasteiger partial charge in [-0.1, -0.05) is 30.3 Å². The fourth-order valence-electron chi connectivity index (χ4n) is 2.73. The largest absolute Gasteiger partial charge is 0.497 e. The summed E-state index contributed by atoms with van der Waals surface area (Å²) >= 11 is 0. The van der Waals surface area contributed by atoms with Crippen molar-refractivity contribution in [2.45, 2.75) is 0 Å². The van der Waals surface area contributed by atoms with E-state index in [9.17, 15) is 0 Å². The van der Waals surface area contributed by atoms with Crippen molar-refractivity contribution in [3.8, 4) is 17.0 Å². The van der Waals surface area contributed by atoms with E-state index in [1.807, 2.05) is 36.5 Å². The first-order valence-electron chi connectivity index (χ1n) is 6.87. The van der Waals surface area contributed by atoms with Crippen LogP contribution in [0.5, 0.6) is 5.75 Å². The van der Waals surface area contributed by atoms with Gasteiger partial charge in [0.1, 0.15) is 5.75 Å². The number of ether oxygens (including phenoxy) is 1. The molecule has 0 spiro atoms. The molecule has 3 nitrogen and oxygen atoms in total. The second-order valence-electron chi connectivity index (χ2n) is 4.98. The predicted molar refractivity (Wildman–Crippen MR) is 85.6 cm³/mol. The molecule has 2 aromatic carbocycles. The van der Waals surface area contributed by atoms with Gasteiger partial charge in [0.25, 0.3) is 0 Å². The van der Waals surface area contributed by atoms with Crippen molar-refractivity contribution in [1.82, 2.24) is 9.97 Å². The van der Waals surface area contributed by atoms with Gasteiger partial charge in [0, 0.05) is 28.6 Å². The lowest BCUT2D eigenvalue weighted by molar-refractivity contribution is 0.415. The summed E-state index contributed by atoms with van der Waals surface area (Å²) in [6.07, 6.45) is 1.96. The van der Waals surface area contributed by atoms with Crippen LogP contribution in [-0.2, 0) is 0 Å². The third-order valence-corrected chi connectivity index (χ3v) is 3.76. The highest BCUT2D eigenvalue weighted by Gasteiger charge is 2.11. The van der Waals surface area contributed by atoms with Crippen LogP contribution >= 0.6 is 0 Å². The molecule has 102 valence electrons. The SMILES string of the molecule is COc1ccc2c(c1)nc(-c1ccccc1)c1[nH]ccc12. The van der Waals surface area contributed by atoms with Crippen molar-refractivity contribution >= 4 is 21.8 Å². The molecule has 1 N–H and O–H groups in total. The molecular weight excluding hydrogens is 260 g/mol. The molecule has 0 fully saturated rings. The molecule has 0 unspecified atom stereocenters. The number of benzene rings is 2. The Kier molecular flexibility index (Phi) is 2.64. The molecule has 0 atom stereocenters. The van der Waals surface area contributed by atoms with Crippen molar-refractivity contribution in [3.63, 3.8) is 0 Å². The van der Waals surface area contributed by atoms with Crippen LogP contribution in [0.4, 0.5) is 0 Å². The first-order chi connectivity index (χ1) is 10.4. The number of nitrogens with one attached hydrogen (secondary N) is 1. The highest BCUT2D eigenvalue weighted by atomic mass is 16.5. The molecule has 0 bridgehead atoms. The summed E-state index contributed by atoms with van der Waals surface area (Å²) < 4.78 is 5.31. The number of fused-ring (bicyclic) bond motifs is 3. The van der Waals surface area contributed by atoms with Crippen molar-refractivity contribution in [3.05, 3.63) is 60.8 Å². The van der Waals surface area contributed by atoms with Crippen LogP contribution in [0.3, 0.4) is 0 Å². The molecule has 0 saturated heterocycles. The molecule has 0 aliphatic rings. The lowest BCUT2D eigenvalue weighted by Gasteiger charge is -2.08. The van der Waals surface area contributed by atoms with Gasteiger partial charge in [0.05, 0.1) is 23.8 Å². The van der Waals surface area contributed by atoms with E-state index in [1.54, 1.807) is 7.11 Å². The summed E-state index contributed by atoms with van der Waals surface area (Å²) in [5.41, 5.74) is 4.09. The van der Waals surface area contributed by atoms with E-state index < -0.39 is 0 Å². The number of nitrogens with zero attached hydrogens (tertiary/aromatic N) is 1. The Labute approximate surface area is 122 Å². The zero-order valence-electron chi connectivity index (χ0n) is 11.6. The minimum absolute atomic E-state index is 0.823. The van der Waals surface area contributed by atoms with E-state index in [4.69, 9.17) is 9.72 Å². The molecule has 0 amide bonds. The second kappa shape index (κ2) is 4.63. The molecule has 2 heterocycles. The Balaban J connectivity index is 2.11. The zero-order chi connectivity index (χ0) is 14.2. The highest BCUT2D eigenvalue weighted by Crippen LogP contribution is 2.32. The van der Waals surface area contributed by atoms with Crippen LogP contribution in [0.15, 0.2) is 60.8 Å². The fourth-order valence-corrected chi connectivity index (χ4v) is 2.73. The normalized spacial score (nSPS) is 11.1. The molecule has 4 aromatic rings. The van der Waals surface area contributed by atoms with E-state index in [2.05, 4.69) is 29.2 Å². The molecule has 0 aliphatic carbocycles. The Morgan fingerprint density at radius 3 is 2.62 bits per heavy atom. The fraction of sp³-hybridized carbons (Fsp3) is 0.0556. The smallest absolute Gasteiger partial charge is 0.121 e. The average molecular weight is 274 g/mol. The quantitative estimate of drug-likeness (QED) is 0.588. The number of hydrogen-bond donors (Lipinski definition) is 1. The van der Waals surface area contributed by atoms with Crippen molar-refractivity contribution in [2.24, 2.45) is 0 Å². The summed E-state index contributed by atoms with van der Waals surface area (Å²) in [6, 6.07) is 18.3. The standard InChI is InChI=1S/C18H14N2O/c1-21-13-7-8-14-15-9-10-19-18(15)17(20-16(14)11-13)12-5-3-2-4-6-12/h2-11,19H,1H3. The van der Waals surface area contributed by atoms with Crippen LogP contribution in [0.25, 0.3) is 33.1 Å². The number of aromatic amines is 1. The maximum Gasteiger partial charge on any atom is 0.121 e. The molecule has 2 aromatic heterocycles. The van der Waals surface area contributed by atoms with Crippen LogP contribution < -0.4 is 4.74 Å². The van der Waals surface area contributed by atoms with E-state index in [1.165, 1.54) is 5.39 Å². The van der Waals surface area contributed by atoms with Crippen molar-refractivity contribution in [1.29, 1.82) is 0 Å². The minimum Gasteiger partial charge on any atom is -0.497 e. The molecule has 21 heavy (non-hydrogen) atoms. The molecule has 0 radical (unpaired) electrons. The van der Waals surface area contributed by atoms with Gasteiger partial charge in [-0.3, -0.25) is 0 Å². The Morgan fingerprint density at radius 2 is 1.81 bits per heavy atom. The summed E-state index contributed by atoms with van der Waals surface area (Å²) in [5, 5.41) is 2.31. The third kappa shape index (κ3) is 1.86. The Bertz CT molecular complexity index is 926. The molecule has 3 heteroatoms. The summed E-state index contributed by atoms with van der Waals surface area (Å²) in [6.45, 7) is 0. The van der Waals surface area contributed by atoms with E-state index >= 15 is 0 Å². The first-order valence-corrected chi connectivity index (χ1v) is 6.87. The lowest BCUT2D eigenvalue weighted by Crippen LogP contribution is -1.90. The van der Waals surface area contributed by atoms with Gasteiger partial charge in [-0.15, -0.1) is 0 Å². The highest BCUT2D eigenvalue weighted by molar-refractivity contribution is 6.09. The number of H-pyrrole nitrogens is 1.